The van der Waals surface area contributed by atoms with Gasteiger partial charge in [-0.25, -0.2) is 14.6 Å². The lowest BCUT2D eigenvalue weighted by Gasteiger charge is -2.10. The minimum absolute atomic E-state index is 0.247. The first-order chi connectivity index (χ1) is 15.5. The molecule has 2 aromatic carbocycles. The number of carbonyl (C=O) groups excluding carboxylic acids is 1. The van der Waals surface area contributed by atoms with E-state index in [4.69, 9.17) is 11.6 Å². The Morgan fingerprint density at radius 2 is 1.75 bits per heavy atom. The van der Waals surface area contributed by atoms with Crippen LogP contribution in [-0.4, -0.2) is 30.9 Å². The molecule has 9 heteroatoms. The molecule has 4 rings (SSSR count). The van der Waals surface area contributed by atoms with E-state index in [1.165, 1.54) is 17.3 Å². The number of aromatic nitrogens is 5. The van der Waals surface area contributed by atoms with E-state index in [0.717, 1.165) is 5.69 Å². The number of nitrogens with one attached hydrogen (secondary N) is 1. The van der Waals surface area contributed by atoms with Gasteiger partial charge < -0.3 is 5.32 Å². The molecule has 0 aliphatic carbocycles. The van der Waals surface area contributed by atoms with Crippen LogP contribution in [0.5, 0.6) is 0 Å². The number of nitrogens with zero attached hydrogens (tertiary/aromatic N) is 5. The Labute approximate surface area is 195 Å². The average molecular weight is 465 g/mol. The van der Waals surface area contributed by atoms with E-state index in [9.17, 15) is 4.79 Å². The molecule has 0 saturated heterocycles. The maximum Gasteiger partial charge on any atom is 0.278 e. The third-order valence-corrected chi connectivity index (χ3v) is 5.90. The predicted octanol–water partition coefficient (Wildman–Crippen LogP) is 5.38. The summed E-state index contributed by atoms with van der Waals surface area (Å²) in [5.41, 5.74) is 3.55. The molecule has 0 saturated carbocycles. The first-order valence-corrected chi connectivity index (χ1v) is 11.4. The number of benzene rings is 2. The Balaban J connectivity index is 1.62. The Bertz CT molecular complexity index is 1190. The lowest BCUT2D eigenvalue weighted by Crippen LogP contribution is -2.15. The maximum absolute atomic E-state index is 13.1. The van der Waals surface area contributed by atoms with Gasteiger partial charge in [0.2, 0.25) is 0 Å². The zero-order valence-corrected chi connectivity index (χ0v) is 19.1. The molecule has 1 amide bonds. The third kappa shape index (κ3) is 5.15. The fourth-order valence-electron chi connectivity index (χ4n) is 3.03. The van der Waals surface area contributed by atoms with Gasteiger partial charge in [-0.1, -0.05) is 54.6 Å². The quantitative estimate of drug-likeness (QED) is 0.292. The number of anilines is 1. The summed E-state index contributed by atoms with van der Waals surface area (Å²) in [6.45, 7) is 4.26. The highest BCUT2D eigenvalue weighted by Gasteiger charge is 2.21. The summed E-state index contributed by atoms with van der Waals surface area (Å²) >= 11 is 7.43. The Kier molecular flexibility index (Phi) is 6.82. The summed E-state index contributed by atoms with van der Waals surface area (Å²) in [6, 6.07) is 16.8. The van der Waals surface area contributed by atoms with Gasteiger partial charge in [-0.2, -0.15) is 0 Å². The van der Waals surface area contributed by atoms with Crippen LogP contribution in [0.2, 0.25) is 5.02 Å². The highest BCUT2D eigenvalue weighted by Crippen LogP contribution is 2.24. The van der Waals surface area contributed by atoms with E-state index >= 15 is 0 Å². The molecule has 2 aromatic heterocycles. The lowest BCUT2D eigenvalue weighted by atomic mass is 10.0. The van der Waals surface area contributed by atoms with Crippen molar-refractivity contribution in [1.82, 2.24) is 25.0 Å². The maximum atomic E-state index is 13.1. The van der Waals surface area contributed by atoms with Crippen molar-refractivity contribution in [2.75, 3.05) is 5.32 Å². The Morgan fingerprint density at radius 3 is 2.41 bits per heavy atom. The molecular weight excluding hydrogens is 444 g/mol. The van der Waals surface area contributed by atoms with Crippen molar-refractivity contribution in [3.63, 3.8) is 0 Å². The number of hydrogen-bond donors (Lipinski definition) is 1. The van der Waals surface area contributed by atoms with Gasteiger partial charge in [-0.15, -0.1) is 5.10 Å². The lowest BCUT2D eigenvalue weighted by molar-refractivity contribution is 0.102. The molecule has 162 valence electrons. The Morgan fingerprint density at radius 1 is 1.06 bits per heavy atom. The first-order valence-electron chi connectivity index (χ1n) is 10.0. The largest absolute Gasteiger partial charge is 0.321 e. The van der Waals surface area contributed by atoms with Crippen molar-refractivity contribution < 1.29 is 4.79 Å². The molecular formula is C23H21ClN6OS. The van der Waals surface area contributed by atoms with Gasteiger partial charge in [0.1, 0.15) is 0 Å². The molecule has 0 aliphatic heterocycles. The van der Waals surface area contributed by atoms with Gasteiger partial charge in [0.15, 0.2) is 10.9 Å². The zero-order valence-electron chi connectivity index (χ0n) is 17.6. The Hall–Kier alpha value is -3.23. The standard InChI is InChI=1S/C23H21ClN6OS/c1-15(2)16-4-8-18(9-5-16)27-22(31)21-20(14-32-23-25-12-3-13-26-23)30(29-28-21)19-10-6-17(24)7-11-19/h3-13,15H,14H2,1-2H3,(H,27,31). The zero-order chi connectivity index (χ0) is 22.5. The predicted molar refractivity (Wildman–Crippen MR) is 126 cm³/mol. The summed E-state index contributed by atoms with van der Waals surface area (Å²) in [6.07, 6.45) is 3.36. The van der Waals surface area contributed by atoms with Crippen molar-refractivity contribution in [2.45, 2.75) is 30.7 Å². The molecule has 0 radical (unpaired) electrons. The number of rotatable bonds is 7. The molecule has 0 fully saturated rings. The second-order valence-electron chi connectivity index (χ2n) is 7.32. The van der Waals surface area contributed by atoms with Crippen molar-refractivity contribution >= 4 is 35.0 Å². The number of hydrogen-bond acceptors (Lipinski definition) is 6. The van der Waals surface area contributed by atoms with Crippen LogP contribution in [0.1, 0.15) is 41.5 Å². The van der Waals surface area contributed by atoms with E-state index in [0.29, 0.717) is 33.2 Å². The fraction of sp³-hybridized carbons (Fsp3) is 0.174. The molecule has 7 nitrogen and oxygen atoms in total. The topological polar surface area (TPSA) is 85.6 Å². The van der Waals surface area contributed by atoms with Crippen LogP contribution in [-0.2, 0) is 5.75 Å². The smallest absolute Gasteiger partial charge is 0.278 e. The monoisotopic (exact) mass is 464 g/mol. The molecule has 32 heavy (non-hydrogen) atoms. The van der Waals surface area contributed by atoms with Gasteiger partial charge in [-0.3, -0.25) is 4.79 Å². The molecule has 4 aromatic rings. The summed E-state index contributed by atoms with van der Waals surface area (Å²) in [5.74, 6) is 0.504. The van der Waals surface area contributed by atoms with Crippen molar-refractivity contribution in [2.24, 2.45) is 0 Å². The second kappa shape index (κ2) is 9.93. The normalized spacial score (nSPS) is 11.0. The van der Waals surface area contributed by atoms with E-state index in [2.05, 4.69) is 39.4 Å². The minimum atomic E-state index is -0.327. The second-order valence-corrected chi connectivity index (χ2v) is 8.70. The van der Waals surface area contributed by atoms with Crippen LogP contribution >= 0.6 is 23.4 Å². The molecule has 0 bridgehead atoms. The van der Waals surface area contributed by atoms with Crippen LogP contribution < -0.4 is 5.32 Å². The van der Waals surface area contributed by atoms with Crippen molar-refractivity contribution in [1.29, 1.82) is 0 Å². The van der Waals surface area contributed by atoms with Crippen molar-refractivity contribution in [3.05, 3.63) is 89.0 Å². The number of carbonyl (C=O) groups is 1. The van der Waals surface area contributed by atoms with E-state index in [1.54, 1.807) is 35.3 Å². The SMILES string of the molecule is CC(C)c1ccc(NC(=O)c2nnn(-c3ccc(Cl)cc3)c2CSc2ncccn2)cc1. The van der Waals surface area contributed by atoms with Crippen LogP contribution in [0.4, 0.5) is 5.69 Å². The molecule has 2 heterocycles. The van der Waals surface area contributed by atoms with Crippen LogP contribution in [0.3, 0.4) is 0 Å². The molecule has 1 N–H and O–H groups in total. The van der Waals surface area contributed by atoms with Crippen LogP contribution in [0.15, 0.2) is 72.1 Å². The highest BCUT2D eigenvalue weighted by atomic mass is 35.5. The molecule has 0 atom stereocenters. The van der Waals surface area contributed by atoms with Crippen molar-refractivity contribution in [3.8, 4) is 5.69 Å². The van der Waals surface area contributed by atoms with Gasteiger partial charge in [0, 0.05) is 28.9 Å². The first kappa shape index (κ1) is 22.0. The number of halogens is 1. The minimum Gasteiger partial charge on any atom is -0.321 e. The highest BCUT2D eigenvalue weighted by molar-refractivity contribution is 7.98. The van der Waals surface area contributed by atoms with E-state index < -0.39 is 0 Å². The van der Waals surface area contributed by atoms with Gasteiger partial charge in [0.05, 0.1) is 11.4 Å². The molecule has 0 unspecified atom stereocenters. The van der Waals surface area contributed by atoms with Gasteiger partial charge in [-0.05, 0) is 53.9 Å². The number of thioether (sulfide) groups is 1. The molecule has 0 spiro atoms. The molecule has 0 aliphatic rings. The summed E-state index contributed by atoms with van der Waals surface area (Å²) < 4.78 is 1.64. The summed E-state index contributed by atoms with van der Waals surface area (Å²) in [7, 11) is 0. The average Bonchev–Trinajstić information content (AvgIpc) is 3.23. The van der Waals surface area contributed by atoms with Crippen LogP contribution in [0, 0.1) is 0 Å². The summed E-state index contributed by atoms with van der Waals surface area (Å²) in [5, 5.41) is 12.6. The third-order valence-electron chi connectivity index (χ3n) is 4.76. The number of amides is 1. The van der Waals surface area contributed by atoms with Gasteiger partial charge in [0.25, 0.3) is 5.91 Å². The fourth-order valence-corrected chi connectivity index (χ4v) is 3.95. The van der Waals surface area contributed by atoms with Crippen LogP contribution in [0.25, 0.3) is 5.69 Å². The van der Waals surface area contributed by atoms with E-state index in [1.807, 2.05) is 36.4 Å². The summed E-state index contributed by atoms with van der Waals surface area (Å²) in [4.78, 5) is 21.6. The van der Waals surface area contributed by atoms with Gasteiger partial charge >= 0.3 is 0 Å². The van der Waals surface area contributed by atoms with E-state index in [-0.39, 0.29) is 11.6 Å².